The standard InChI is InChI=1S/C89H152O17P2/c1-5-9-13-17-21-25-29-33-37-39-41-43-47-50-54-58-62-66-70-74-87(92)100-80-84(105-88(93)75-71-67-63-59-55-51-46-36-32-28-24-20-16-12-8-4)81-103-107(95,96)101-77-83(90)78-102-108(97,98)104-82-85(79-99-86(91)73-69-65-61-57-53-49-45-35-31-27-23-19-15-11-7-3)106-89(94)76-72-68-64-60-56-52-48-44-42-40-38-34-30-26-22-18-14-10-6-2/h10,14,21-22,25-26,28,32-34,37-38,41-44,50,52,54,56,62,66,83-85,90H,5-9,11-13,15-20,23-24,27,29-31,35-36,39-40,45-49,51,53,55,57-61,63-65,67-82H2,1-4H3,(H,95,96)(H,97,98)/b14-10-,25-21-,26-22-,32-28-,37-33-,38-34-,43-41-,44-42-,54-50-,56-52-,66-62-/t83-,84-,85-/m1/s1. The molecular formula is C89H152O17P2. The highest BCUT2D eigenvalue weighted by atomic mass is 31.2. The van der Waals surface area contributed by atoms with Gasteiger partial charge in [-0.05, 0) is 135 Å². The minimum atomic E-state index is -5.00. The van der Waals surface area contributed by atoms with Gasteiger partial charge in [0.05, 0.1) is 26.4 Å². The van der Waals surface area contributed by atoms with Gasteiger partial charge in [-0.25, -0.2) is 9.13 Å². The predicted molar refractivity (Wildman–Crippen MR) is 445 cm³/mol. The average Bonchev–Trinajstić information content (AvgIpc) is 0.899. The van der Waals surface area contributed by atoms with Crippen molar-refractivity contribution >= 4 is 39.5 Å². The van der Waals surface area contributed by atoms with Gasteiger partial charge in [0, 0.05) is 25.7 Å². The van der Waals surface area contributed by atoms with E-state index in [-0.39, 0.29) is 25.7 Å². The number of aliphatic hydroxyl groups is 1. The summed E-state index contributed by atoms with van der Waals surface area (Å²) in [5.41, 5.74) is 0. The molecule has 0 spiro atoms. The third-order valence-corrected chi connectivity index (χ3v) is 19.5. The van der Waals surface area contributed by atoms with Crippen molar-refractivity contribution in [2.45, 2.75) is 367 Å². The van der Waals surface area contributed by atoms with Crippen LogP contribution in [0.15, 0.2) is 134 Å². The summed E-state index contributed by atoms with van der Waals surface area (Å²) in [5.74, 6) is -2.30. The molecule has 108 heavy (non-hydrogen) atoms. The molecule has 17 nitrogen and oxygen atoms in total. The molecule has 0 amide bonds. The minimum absolute atomic E-state index is 0.0350. The first-order valence-corrected chi connectivity index (χ1v) is 45.4. The quantitative estimate of drug-likeness (QED) is 0.0169. The van der Waals surface area contributed by atoms with E-state index in [9.17, 15) is 43.2 Å². The van der Waals surface area contributed by atoms with Crippen molar-refractivity contribution in [3.05, 3.63) is 134 Å². The number of phosphoric acid groups is 2. The Bertz CT molecular complexity index is 2560. The van der Waals surface area contributed by atoms with Crippen molar-refractivity contribution in [2.24, 2.45) is 0 Å². The molecule has 2 unspecified atom stereocenters. The highest BCUT2D eigenvalue weighted by Crippen LogP contribution is 2.45. The van der Waals surface area contributed by atoms with E-state index in [0.717, 1.165) is 148 Å². The molecule has 19 heteroatoms. The maximum Gasteiger partial charge on any atom is 0.472 e. The number of rotatable bonds is 79. The number of hydrogen-bond donors (Lipinski definition) is 3. The van der Waals surface area contributed by atoms with Gasteiger partial charge in [0.2, 0.25) is 0 Å². The molecule has 0 saturated heterocycles. The van der Waals surface area contributed by atoms with Crippen LogP contribution in [0.5, 0.6) is 0 Å². The molecule has 620 valence electrons. The van der Waals surface area contributed by atoms with E-state index in [1.807, 2.05) is 12.2 Å². The Morgan fingerprint density at radius 3 is 0.843 bits per heavy atom. The van der Waals surface area contributed by atoms with Crippen molar-refractivity contribution < 1.29 is 80.2 Å². The maximum atomic E-state index is 13.1. The summed E-state index contributed by atoms with van der Waals surface area (Å²) in [6.45, 7) is 4.64. The lowest BCUT2D eigenvalue weighted by Gasteiger charge is -2.21. The van der Waals surface area contributed by atoms with Crippen LogP contribution in [-0.4, -0.2) is 96.7 Å². The normalized spacial score (nSPS) is 14.5. The number of phosphoric ester groups is 2. The van der Waals surface area contributed by atoms with Crippen molar-refractivity contribution in [3.8, 4) is 0 Å². The molecule has 0 aromatic heterocycles. The summed E-state index contributed by atoms with van der Waals surface area (Å²) in [4.78, 5) is 73.2. The molecule has 3 N–H and O–H groups in total. The van der Waals surface area contributed by atoms with Gasteiger partial charge in [-0.2, -0.15) is 0 Å². The molecule has 0 aliphatic heterocycles. The molecule has 0 heterocycles. The Balaban J connectivity index is 5.46. The van der Waals surface area contributed by atoms with E-state index >= 15 is 0 Å². The lowest BCUT2D eigenvalue weighted by atomic mass is 10.0. The van der Waals surface area contributed by atoms with Crippen LogP contribution in [0, 0.1) is 0 Å². The monoisotopic (exact) mass is 1560 g/mol. The summed E-state index contributed by atoms with van der Waals surface area (Å²) >= 11 is 0. The number of hydrogen-bond acceptors (Lipinski definition) is 15. The summed E-state index contributed by atoms with van der Waals surface area (Å²) < 4.78 is 68.7. The zero-order chi connectivity index (χ0) is 78.9. The second-order valence-electron chi connectivity index (χ2n) is 28.0. The molecule has 0 rings (SSSR count). The summed E-state index contributed by atoms with van der Waals surface area (Å²) in [6, 6.07) is 0. The number of ether oxygens (including phenoxy) is 4. The topological polar surface area (TPSA) is 237 Å². The van der Waals surface area contributed by atoms with E-state index in [0.29, 0.717) is 32.1 Å². The van der Waals surface area contributed by atoms with Crippen LogP contribution in [0.4, 0.5) is 0 Å². The Hall–Kier alpha value is -4.80. The van der Waals surface area contributed by atoms with Crippen LogP contribution in [0.2, 0.25) is 0 Å². The number of carbonyl (C=O) groups excluding carboxylic acids is 4. The van der Waals surface area contributed by atoms with Crippen LogP contribution in [0.3, 0.4) is 0 Å². The largest absolute Gasteiger partial charge is 0.472 e. The Kier molecular flexibility index (Phi) is 76.7. The second-order valence-corrected chi connectivity index (χ2v) is 30.9. The van der Waals surface area contributed by atoms with Crippen LogP contribution in [-0.2, 0) is 65.4 Å². The van der Waals surface area contributed by atoms with Crippen molar-refractivity contribution in [1.29, 1.82) is 0 Å². The number of unbranched alkanes of at least 4 members (excludes halogenated alkanes) is 31. The van der Waals surface area contributed by atoms with Crippen molar-refractivity contribution in [3.63, 3.8) is 0 Å². The SMILES string of the molecule is CC/C=C\C/C=C\C/C=C\C/C=C\C/C=C\CCCCCC(=O)O[C@H](COC(=O)CCCCCCCCCCCCCCCCC)COP(=O)(O)OC[C@H](O)COP(=O)(O)OC[C@@H](COC(=O)CC/C=C\C/C=C\C/C=C\C/C=C\C/C=C\CCCCC)OC(=O)CCCCCCCCC/C=C\CCCCCC. The lowest BCUT2D eigenvalue weighted by Crippen LogP contribution is -2.30. The highest BCUT2D eigenvalue weighted by molar-refractivity contribution is 7.47. The van der Waals surface area contributed by atoms with E-state index in [4.69, 9.17) is 37.0 Å². The van der Waals surface area contributed by atoms with Crippen LogP contribution in [0.1, 0.15) is 349 Å². The first-order chi connectivity index (χ1) is 52.7. The van der Waals surface area contributed by atoms with Gasteiger partial charge in [-0.15, -0.1) is 0 Å². The van der Waals surface area contributed by atoms with Gasteiger partial charge in [0.1, 0.15) is 19.3 Å². The molecule has 0 radical (unpaired) electrons. The molecule has 0 fully saturated rings. The molecule has 0 aromatic carbocycles. The fourth-order valence-electron chi connectivity index (χ4n) is 11.2. The number of carbonyl (C=O) groups is 4. The second kappa shape index (κ2) is 80.3. The highest BCUT2D eigenvalue weighted by Gasteiger charge is 2.30. The molecule has 0 bridgehead atoms. The number of allylic oxidation sites excluding steroid dienone is 22. The average molecular weight is 1560 g/mol. The summed E-state index contributed by atoms with van der Waals surface area (Å²) in [6.07, 6.45) is 91.4. The van der Waals surface area contributed by atoms with Gasteiger partial charge in [-0.1, -0.05) is 322 Å². The molecule has 0 aliphatic carbocycles. The van der Waals surface area contributed by atoms with Crippen molar-refractivity contribution in [1.82, 2.24) is 0 Å². The van der Waals surface area contributed by atoms with Crippen molar-refractivity contribution in [2.75, 3.05) is 39.6 Å². The lowest BCUT2D eigenvalue weighted by molar-refractivity contribution is -0.161. The van der Waals surface area contributed by atoms with Gasteiger partial charge in [-0.3, -0.25) is 37.3 Å². The number of aliphatic hydroxyl groups excluding tert-OH is 1. The molecule has 0 aliphatic rings. The molecule has 5 atom stereocenters. The zero-order valence-corrected chi connectivity index (χ0v) is 69.8. The first-order valence-electron chi connectivity index (χ1n) is 42.4. The van der Waals surface area contributed by atoms with E-state index in [1.165, 1.54) is 116 Å². The third-order valence-electron chi connectivity index (χ3n) is 17.6. The van der Waals surface area contributed by atoms with Crippen LogP contribution in [0.25, 0.3) is 0 Å². The van der Waals surface area contributed by atoms with Gasteiger partial charge < -0.3 is 33.8 Å². The third kappa shape index (κ3) is 79.3. The Morgan fingerprint density at radius 1 is 0.269 bits per heavy atom. The Labute approximate surface area is 656 Å². The summed E-state index contributed by atoms with van der Waals surface area (Å²) in [5, 5.41) is 10.7. The number of esters is 4. The molecule has 0 aromatic rings. The molecular weight excluding hydrogens is 1400 g/mol. The van der Waals surface area contributed by atoms with E-state index in [1.54, 1.807) is 0 Å². The van der Waals surface area contributed by atoms with Crippen LogP contribution >= 0.6 is 15.6 Å². The van der Waals surface area contributed by atoms with E-state index < -0.39 is 97.5 Å². The fourth-order valence-corrected chi connectivity index (χ4v) is 12.7. The fraction of sp³-hybridized carbons (Fsp3) is 0.708. The van der Waals surface area contributed by atoms with Gasteiger partial charge in [0.15, 0.2) is 12.2 Å². The predicted octanol–water partition coefficient (Wildman–Crippen LogP) is 25.2. The van der Waals surface area contributed by atoms with Gasteiger partial charge >= 0.3 is 39.5 Å². The zero-order valence-electron chi connectivity index (χ0n) is 68.0. The minimum Gasteiger partial charge on any atom is -0.462 e. The van der Waals surface area contributed by atoms with E-state index in [2.05, 4.69) is 149 Å². The first kappa shape index (κ1) is 103. The molecule has 0 saturated carbocycles. The Morgan fingerprint density at radius 2 is 0.500 bits per heavy atom. The van der Waals surface area contributed by atoms with Crippen LogP contribution < -0.4 is 0 Å². The smallest absolute Gasteiger partial charge is 0.462 e. The maximum absolute atomic E-state index is 13.1. The summed E-state index contributed by atoms with van der Waals surface area (Å²) in [7, 11) is -10.00. The van der Waals surface area contributed by atoms with Gasteiger partial charge in [0.25, 0.3) is 0 Å².